The van der Waals surface area contributed by atoms with Crippen molar-refractivity contribution in [3.05, 3.63) is 60.3 Å². The Morgan fingerprint density at radius 2 is 1.64 bits per heavy atom. The molecule has 0 aromatic heterocycles. The van der Waals surface area contributed by atoms with Crippen molar-refractivity contribution in [2.24, 2.45) is 22.7 Å². The van der Waals surface area contributed by atoms with Gasteiger partial charge >= 0.3 is 0 Å². The molecule has 1 heteroatoms. The predicted octanol–water partition coefficient (Wildman–Crippen LogP) is 8.81. The standard InChI is InChI=1S/C32H49N/c1-27(2)23-31(24-28-15-11-7-4-5-8-12-16-28)19-20-32(25-30(32)26-33(3)22-21-31)29-17-13-9-6-10-14-18-29/h6,9-10,13-14,17-18,28,30H,1,4-5,7-8,11-12,15-16,19-26H2,2-3H3/b9-6-,10-6?,13-9?,14-10-,17-13-,18-14?,29-17?,29-18+. The molecule has 0 N–H and O–H groups in total. The van der Waals surface area contributed by atoms with E-state index in [0.717, 1.165) is 11.8 Å². The van der Waals surface area contributed by atoms with E-state index in [4.69, 9.17) is 0 Å². The van der Waals surface area contributed by atoms with E-state index in [9.17, 15) is 0 Å². The molecule has 1 aliphatic heterocycles. The Bertz CT molecular complexity index is 772. The van der Waals surface area contributed by atoms with Gasteiger partial charge in [0.2, 0.25) is 0 Å². The Labute approximate surface area is 204 Å². The summed E-state index contributed by atoms with van der Waals surface area (Å²) in [6.07, 6.45) is 35.7. The van der Waals surface area contributed by atoms with Crippen LogP contribution in [0.1, 0.15) is 96.8 Å². The summed E-state index contributed by atoms with van der Waals surface area (Å²) < 4.78 is 0. The summed E-state index contributed by atoms with van der Waals surface area (Å²) in [5.74, 6) is 1.74. The Hall–Kier alpha value is -1.34. The van der Waals surface area contributed by atoms with Crippen LogP contribution in [0.4, 0.5) is 0 Å². The third kappa shape index (κ3) is 6.62. The average Bonchev–Trinajstić information content (AvgIpc) is 3.40. The smallest absolute Gasteiger partial charge is 0.00155 e. The van der Waals surface area contributed by atoms with Gasteiger partial charge in [0.15, 0.2) is 0 Å². The second kappa shape index (κ2) is 11.4. The van der Waals surface area contributed by atoms with Crippen LogP contribution in [0.5, 0.6) is 0 Å². The lowest BCUT2D eigenvalue weighted by atomic mass is 9.66. The van der Waals surface area contributed by atoms with E-state index in [1.807, 2.05) is 0 Å². The fraction of sp³-hybridized carbons (Fsp3) is 0.688. The van der Waals surface area contributed by atoms with Gasteiger partial charge in [-0.05, 0) is 87.3 Å². The summed E-state index contributed by atoms with van der Waals surface area (Å²) in [7, 11) is 2.38. The third-order valence-electron chi connectivity index (χ3n) is 9.33. The molecule has 0 aromatic rings. The van der Waals surface area contributed by atoms with Crippen molar-refractivity contribution < 1.29 is 0 Å². The van der Waals surface area contributed by atoms with Crippen LogP contribution in [0.25, 0.3) is 0 Å². The molecule has 4 aliphatic rings. The Balaban J connectivity index is 1.57. The summed E-state index contributed by atoms with van der Waals surface area (Å²) in [5.41, 5.74) is 3.81. The summed E-state index contributed by atoms with van der Waals surface area (Å²) >= 11 is 0. The monoisotopic (exact) mass is 447 g/mol. The molecule has 0 amide bonds. The van der Waals surface area contributed by atoms with Gasteiger partial charge in [-0.25, -0.2) is 0 Å². The van der Waals surface area contributed by atoms with Crippen molar-refractivity contribution >= 4 is 0 Å². The van der Waals surface area contributed by atoms with Crippen LogP contribution in [0.15, 0.2) is 60.3 Å². The topological polar surface area (TPSA) is 3.24 Å². The van der Waals surface area contributed by atoms with Gasteiger partial charge in [-0.3, -0.25) is 0 Å². The molecule has 4 rings (SSSR count). The maximum Gasteiger partial charge on any atom is 0.00155 e. The number of hydrogen-bond acceptors (Lipinski definition) is 1. The Morgan fingerprint density at radius 1 is 0.939 bits per heavy atom. The van der Waals surface area contributed by atoms with Gasteiger partial charge < -0.3 is 4.90 Å². The Kier molecular flexibility index (Phi) is 8.55. The minimum atomic E-state index is 0.392. The second-order valence-corrected chi connectivity index (χ2v) is 12.2. The van der Waals surface area contributed by atoms with E-state index >= 15 is 0 Å². The van der Waals surface area contributed by atoms with Gasteiger partial charge in [0.05, 0.1) is 0 Å². The van der Waals surface area contributed by atoms with Gasteiger partial charge in [0.1, 0.15) is 0 Å². The summed E-state index contributed by atoms with van der Waals surface area (Å²) in [5, 5.41) is 0. The molecule has 3 atom stereocenters. The molecule has 0 spiro atoms. The zero-order chi connectivity index (χ0) is 23.2. The van der Waals surface area contributed by atoms with Crippen molar-refractivity contribution in [3.8, 4) is 0 Å². The van der Waals surface area contributed by atoms with Crippen LogP contribution < -0.4 is 0 Å². The highest BCUT2D eigenvalue weighted by Crippen LogP contribution is 2.64. The molecular weight excluding hydrogens is 398 g/mol. The van der Waals surface area contributed by atoms with Gasteiger partial charge in [-0.1, -0.05) is 99.5 Å². The highest BCUT2D eigenvalue weighted by atomic mass is 15.1. The molecular formula is C32H49N. The first kappa shape index (κ1) is 24.8. The largest absolute Gasteiger partial charge is 0.306 e. The van der Waals surface area contributed by atoms with Crippen LogP contribution >= 0.6 is 0 Å². The molecule has 2 saturated carbocycles. The highest BCUT2D eigenvalue weighted by Gasteiger charge is 2.56. The molecule has 3 unspecified atom stereocenters. The molecule has 0 aromatic carbocycles. The predicted molar refractivity (Wildman–Crippen MR) is 144 cm³/mol. The maximum atomic E-state index is 4.44. The minimum absolute atomic E-state index is 0.392. The number of hydrogen-bond donors (Lipinski definition) is 0. The zero-order valence-electron chi connectivity index (χ0n) is 21.7. The third-order valence-corrected chi connectivity index (χ3v) is 9.33. The van der Waals surface area contributed by atoms with Crippen LogP contribution in [0, 0.1) is 22.7 Å². The summed E-state index contributed by atoms with van der Waals surface area (Å²) in [6.45, 7) is 9.24. The molecule has 1 saturated heterocycles. The number of rotatable bonds is 5. The fourth-order valence-electron chi connectivity index (χ4n) is 7.46. The lowest BCUT2D eigenvalue weighted by molar-refractivity contribution is 0.140. The summed E-state index contributed by atoms with van der Waals surface area (Å²) in [6, 6.07) is 0. The molecule has 33 heavy (non-hydrogen) atoms. The van der Waals surface area contributed by atoms with Crippen LogP contribution in [-0.4, -0.2) is 25.0 Å². The lowest BCUT2D eigenvalue weighted by Gasteiger charge is -2.39. The molecule has 3 aliphatic carbocycles. The number of fused-ring (bicyclic) bond motifs is 1. The number of nitrogens with zero attached hydrogens (tertiary/aromatic N) is 1. The molecule has 1 heterocycles. The first-order chi connectivity index (χ1) is 16.0. The molecule has 1 nitrogen and oxygen atoms in total. The molecule has 3 fully saturated rings. The summed E-state index contributed by atoms with van der Waals surface area (Å²) in [4.78, 5) is 2.66. The number of allylic oxidation sites excluding steroid dienone is 9. The molecule has 0 radical (unpaired) electrons. The van der Waals surface area contributed by atoms with Crippen LogP contribution in [0.3, 0.4) is 0 Å². The molecule has 0 bridgehead atoms. The SMILES string of the molecule is C=C(C)CC1(CC2CCCCCCCC2)CCN(C)CC2CC2(C2=C/C=C\C=C/C=C\2)CC1. The van der Waals surface area contributed by atoms with E-state index < -0.39 is 0 Å². The van der Waals surface area contributed by atoms with Gasteiger partial charge in [0, 0.05) is 6.54 Å². The van der Waals surface area contributed by atoms with E-state index in [2.05, 4.69) is 68.0 Å². The minimum Gasteiger partial charge on any atom is -0.306 e. The first-order valence-electron chi connectivity index (χ1n) is 14.1. The van der Waals surface area contributed by atoms with Crippen molar-refractivity contribution in [1.29, 1.82) is 0 Å². The van der Waals surface area contributed by atoms with E-state index in [1.165, 1.54) is 109 Å². The second-order valence-electron chi connectivity index (χ2n) is 12.2. The quantitative estimate of drug-likeness (QED) is 0.380. The maximum absolute atomic E-state index is 4.44. The van der Waals surface area contributed by atoms with Gasteiger partial charge in [0.25, 0.3) is 0 Å². The van der Waals surface area contributed by atoms with E-state index in [-0.39, 0.29) is 0 Å². The fourth-order valence-corrected chi connectivity index (χ4v) is 7.46. The van der Waals surface area contributed by atoms with Crippen molar-refractivity contribution in [2.45, 2.75) is 96.8 Å². The van der Waals surface area contributed by atoms with Crippen molar-refractivity contribution in [1.82, 2.24) is 4.90 Å². The first-order valence-corrected chi connectivity index (χ1v) is 14.1. The Morgan fingerprint density at radius 3 is 2.39 bits per heavy atom. The van der Waals surface area contributed by atoms with E-state index in [0.29, 0.717) is 10.8 Å². The van der Waals surface area contributed by atoms with E-state index in [1.54, 1.807) is 5.57 Å². The van der Waals surface area contributed by atoms with Crippen molar-refractivity contribution in [3.63, 3.8) is 0 Å². The normalized spacial score (nSPS) is 38.8. The van der Waals surface area contributed by atoms with Crippen LogP contribution in [0.2, 0.25) is 0 Å². The van der Waals surface area contributed by atoms with Gasteiger partial charge in [-0.15, -0.1) is 6.58 Å². The highest BCUT2D eigenvalue weighted by molar-refractivity contribution is 5.40. The van der Waals surface area contributed by atoms with Gasteiger partial charge in [-0.2, -0.15) is 0 Å². The van der Waals surface area contributed by atoms with Crippen LogP contribution in [-0.2, 0) is 0 Å². The van der Waals surface area contributed by atoms with Crippen molar-refractivity contribution in [2.75, 3.05) is 20.1 Å². The zero-order valence-corrected chi connectivity index (χ0v) is 21.7. The average molecular weight is 448 g/mol. The lowest BCUT2D eigenvalue weighted by Crippen LogP contribution is -2.31. The molecule has 182 valence electrons.